The van der Waals surface area contributed by atoms with Gasteiger partial charge in [-0.05, 0) is 71.2 Å². The van der Waals surface area contributed by atoms with E-state index in [0.29, 0.717) is 36.5 Å². The number of carbonyl (C=O) groups is 1. The van der Waals surface area contributed by atoms with E-state index in [9.17, 15) is 13.2 Å². The molecule has 1 heterocycles. The summed E-state index contributed by atoms with van der Waals surface area (Å²) in [5.41, 5.74) is 2.25. The first-order chi connectivity index (χ1) is 12.8. The number of sulfonamides is 1. The maximum Gasteiger partial charge on any atom is 0.344 e. The Bertz CT molecular complexity index is 968. The van der Waals surface area contributed by atoms with Crippen LogP contribution < -0.4 is 4.74 Å². The number of hydrogen-bond donors (Lipinski definition) is 0. The first-order valence-electron chi connectivity index (χ1n) is 8.46. The molecular weight excluding hydrogens is 434 g/mol. The molecule has 6 nitrogen and oxygen atoms in total. The van der Waals surface area contributed by atoms with Gasteiger partial charge in [-0.3, -0.25) is 0 Å². The van der Waals surface area contributed by atoms with Gasteiger partial charge < -0.3 is 9.47 Å². The Labute approximate surface area is 167 Å². The molecule has 144 valence electrons. The molecule has 0 N–H and O–H groups in total. The summed E-state index contributed by atoms with van der Waals surface area (Å²) < 4.78 is 38.1. The summed E-state index contributed by atoms with van der Waals surface area (Å²) in [6.07, 6.45) is 0. The van der Waals surface area contributed by atoms with Crippen LogP contribution in [0.2, 0.25) is 0 Å². The molecule has 0 radical (unpaired) electrons. The van der Waals surface area contributed by atoms with E-state index in [4.69, 9.17) is 9.47 Å². The second-order valence-electron chi connectivity index (χ2n) is 6.29. The Kier molecular flexibility index (Phi) is 6.00. The van der Waals surface area contributed by atoms with Gasteiger partial charge in [0, 0.05) is 17.6 Å². The van der Waals surface area contributed by atoms with Crippen molar-refractivity contribution < 1.29 is 22.7 Å². The van der Waals surface area contributed by atoms with Crippen molar-refractivity contribution in [2.45, 2.75) is 18.7 Å². The zero-order chi connectivity index (χ0) is 19.6. The lowest BCUT2D eigenvalue weighted by Crippen LogP contribution is -2.40. The average Bonchev–Trinajstić information content (AvgIpc) is 2.65. The lowest BCUT2D eigenvalue weighted by Gasteiger charge is -2.26. The zero-order valence-electron chi connectivity index (χ0n) is 15.1. The van der Waals surface area contributed by atoms with Crippen LogP contribution >= 0.6 is 15.9 Å². The van der Waals surface area contributed by atoms with E-state index in [1.54, 1.807) is 18.2 Å². The van der Waals surface area contributed by atoms with Crippen LogP contribution in [-0.2, 0) is 14.8 Å². The maximum atomic E-state index is 12.8. The Morgan fingerprint density at radius 3 is 2.44 bits per heavy atom. The number of carbonyl (C=O) groups excluding carboxylic acids is 1. The van der Waals surface area contributed by atoms with Crippen molar-refractivity contribution in [3.05, 3.63) is 57.6 Å². The van der Waals surface area contributed by atoms with Gasteiger partial charge in [-0.25, -0.2) is 13.2 Å². The van der Waals surface area contributed by atoms with Crippen molar-refractivity contribution in [1.29, 1.82) is 0 Å². The van der Waals surface area contributed by atoms with Crippen LogP contribution in [0.25, 0.3) is 0 Å². The van der Waals surface area contributed by atoms with Crippen LogP contribution in [0.1, 0.15) is 21.5 Å². The maximum absolute atomic E-state index is 12.8. The van der Waals surface area contributed by atoms with Gasteiger partial charge in [0.05, 0.1) is 23.7 Å². The van der Waals surface area contributed by atoms with Crippen molar-refractivity contribution in [2.75, 3.05) is 26.3 Å². The van der Waals surface area contributed by atoms with Crippen LogP contribution in [0, 0.1) is 13.8 Å². The van der Waals surface area contributed by atoms with Gasteiger partial charge in [0.15, 0.2) is 0 Å². The average molecular weight is 454 g/mol. The quantitative estimate of drug-likeness (QED) is 0.524. The minimum Gasteiger partial charge on any atom is -0.423 e. The van der Waals surface area contributed by atoms with Crippen LogP contribution in [-0.4, -0.2) is 45.0 Å². The molecule has 8 heteroatoms. The van der Waals surface area contributed by atoms with Crippen molar-refractivity contribution in [3.63, 3.8) is 0 Å². The number of rotatable bonds is 4. The molecule has 2 aromatic rings. The van der Waals surface area contributed by atoms with Gasteiger partial charge >= 0.3 is 5.97 Å². The molecule has 0 spiro atoms. The second kappa shape index (κ2) is 8.10. The summed E-state index contributed by atoms with van der Waals surface area (Å²) in [5.74, 6) is -0.208. The number of morpholine rings is 1. The summed E-state index contributed by atoms with van der Waals surface area (Å²) in [4.78, 5) is 12.7. The smallest absolute Gasteiger partial charge is 0.344 e. The first kappa shape index (κ1) is 20.0. The van der Waals surface area contributed by atoms with Crippen LogP contribution in [0.4, 0.5) is 0 Å². The first-order valence-corrected chi connectivity index (χ1v) is 10.7. The fourth-order valence-electron chi connectivity index (χ4n) is 2.70. The van der Waals surface area contributed by atoms with Crippen molar-refractivity contribution in [3.8, 4) is 5.75 Å². The number of nitrogens with zero attached hydrogens (tertiary/aromatic N) is 1. The largest absolute Gasteiger partial charge is 0.423 e. The standard InChI is InChI=1S/C19H20BrNO5S/c1-13-3-4-15(11-14(13)2)26-19(22)17-12-16(5-6-18(17)20)27(23,24)21-7-9-25-10-8-21/h3-6,11-12H,7-10H2,1-2H3. The van der Waals surface area contributed by atoms with E-state index < -0.39 is 16.0 Å². The molecule has 0 aliphatic carbocycles. The number of halogens is 1. The van der Waals surface area contributed by atoms with E-state index in [1.165, 1.54) is 16.4 Å². The molecule has 1 aliphatic heterocycles. The van der Waals surface area contributed by atoms with E-state index in [1.807, 2.05) is 19.9 Å². The Morgan fingerprint density at radius 1 is 1.07 bits per heavy atom. The minimum absolute atomic E-state index is 0.0552. The zero-order valence-corrected chi connectivity index (χ0v) is 17.5. The number of ether oxygens (including phenoxy) is 2. The van der Waals surface area contributed by atoms with Gasteiger partial charge in [-0.15, -0.1) is 0 Å². The topological polar surface area (TPSA) is 72.9 Å². The van der Waals surface area contributed by atoms with Crippen molar-refractivity contribution in [1.82, 2.24) is 4.31 Å². The monoisotopic (exact) mass is 453 g/mol. The highest BCUT2D eigenvalue weighted by Gasteiger charge is 2.28. The third kappa shape index (κ3) is 4.40. The van der Waals surface area contributed by atoms with Crippen LogP contribution in [0.3, 0.4) is 0 Å². The van der Waals surface area contributed by atoms with E-state index in [-0.39, 0.29) is 10.5 Å². The SMILES string of the molecule is Cc1ccc(OC(=O)c2cc(S(=O)(=O)N3CCOCC3)ccc2Br)cc1C. The third-order valence-electron chi connectivity index (χ3n) is 4.45. The van der Waals surface area contributed by atoms with E-state index in [2.05, 4.69) is 15.9 Å². The minimum atomic E-state index is -3.70. The van der Waals surface area contributed by atoms with Gasteiger partial charge in [-0.2, -0.15) is 4.31 Å². The number of esters is 1. The summed E-state index contributed by atoms with van der Waals surface area (Å²) in [6, 6.07) is 9.72. The molecule has 0 unspecified atom stereocenters. The van der Waals surface area contributed by atoms with Crippen LogP contribution in [0.5, 0.6) is 5.75 Å². The molecule has 27 heavy (non-hydrogen) atoms. The normalized spacial score (nSPS) is 15.5. The highest BCUT2D eigenvalue weighted by Crippen LogP contribution is 2.26. The third-order valence-corrected chi connectivity index (χ3v) is 7.04. The molecule has 0 saturated carbocycles. The molecule has 1 fully saturated rings. The molecule has 0 bridgehead atoms. The molecular formula is C19H20BrNO5S. The van der Waals surface area contributed by atoms with Crippen molar-refractivity contribution >= 4 is 31.9 Å². The highest BCUT2D eigenvalue weighted by atomic mass is 79.9. The molecule has 1 aliphatic rings. The molecule has 0 atom stereocenters. The predicted molar refractivity (Wildman–Crippen MR) is 105 cm³/mol. The van der Waals surface area contributed by atoms with Crippen LogP contribution in [0.15, 0.2) is 45.8 Å². The summed E-state index contributed by atoms with van der Waals surface area (Å²) in [6.45, 7) is 5.20. The Balaban J connectivity index is 1.88. The second-order valence-corrected chi connectivity index (χ2v) is 9.09. The molecule has 1 saturated heterocycles. The van der Waals surface area contributed by atoms with E-state index in [0.717, 1.165) is 11.1 Å². The fraction of sp³-hybridized carbons (Fsp3) is 0.316. The molecule has 0 amide bonds. The summed E-state index contributed by atoms with van der Waals surface area (Å²) in [7, 11) is -3.70. The Morgan fingerprint density at radius 2 is 1.78 bits per heavy atom. The van der Waals surface area contributed by atoms with Gasteiger partial charge in [0.1, 0.15) is 5.75 Å². The summed E-state index contributed by atoms with van der Waals surface area (Å²) >= 11 is 3.30. The fourth-order valence-corrected chi connectivity index (χ4v) is 4.54. The highest BCUT2D eigenvalue weighted by molar-refractivity contribution is 9.10. The number of benzene rings is 2. The Hall–Kier alpha value is -1.74. The number of aryl methyl sites for hydroxylation is 2. The van der Waals surface area contributed by atoms with Gasteiger partial charge in [-0.1, -0.05) is 6.07 Å². The summed E-state index contributed by atoms with van der Waals surface area (Å²) in [5, 5.41) is 0. The predicted octanol–water partition coefficient (Wildman–Crippen LogP) is 3.31. The van der Waals surface area contributed by atoms with Crippen molar-refractivity contribution in [2.24, 2.45) is 0 Å². The molecule has 0 aromatic heterocycles. The molecule has 3 rings (SSSR count). The van der Waals surface area contributed by atoms with Gasteiger partial charge in [0.25, 0.3) is 0 Å². The number of hydrogen-bond acceptors (Lipinski definition) is 5. The lowest BCUT2D eigenvalue weighted by atomic mass is 10.1. The van der Waals surface area contributed by atoms with E-state index >= 15 is 0 Å². The van der Waals surface area contributed by atoms with Gasteiger partial charge in [0.2, 0.25) is 10.0 Å². The molecule has 2 aromatic carbocycles. The lowest BCUT2D eigenvalue weighted by molar-refractivity contribution is 0.0726.